The summed E-state index contributed by atoms with van der Waals surface area (Å²) in [5.74, 6) is 0.702. The van der Waals surface area contributed by atoms with Gasteiger partial charge in [0.15, 0.2) is 0 Å². The van der Waals surface area contributed by atoms with Gasteiger partial charge in [-0.25, -0.2) is 9.78 Å². The quantitative estimate of drug-likeness (QED) is 0.633. The third-order valence-corrected chi connectivity index (χ3v) is 3.10. The van der Waals surface area contributed by atoms with Crippen molar-refractivity contribution >= 4 is 6.09 Å². The number of hydrogen-bond acceptors (Lipinski definition) is 3. The lowest BCUT2D eigenvalue weighted by Gasteiger charge is -2.16. The van der Waals surface area contributed by atoms with Gasteiger partial charge in [-0.15, -0.1) is 0 Å². The van der Waals surface area contributed by atoms with Crippen LogP contribution in [0.5, 0.6) is 0 Å². The van der Waals surface area contributed by atoms with Crippen molar-refractivity contribution < 1.29 is 9.90 Å². The minimum absolute atomic E-state index is 0.298. The zero-order valence-electron chi connectivity index (χ0n) is 10.6. The van der Waals surface area contributed by atoms with Gasteiger partial charge in [0.1, 0.15) is 0 Å². The Hall–Kier alpha value is -1.56. The second-order valence-electron chi connectivity index (χ2n) is 4.83. The minimum Gasteiger partial charge on any atom is -0.465 e. The molecule has 1 aromatic rings. The van der Waals surface area contributed by atoms with Crippen molar-refractivity contribution in [3.05, 3.63) is 18.2 Å². The Labute approximate surface area is 106 Å². The summed E-state index contributed by atoms with van der Waals surface area (Å²) in [7, 11) is 0. The summed E-state index contributed by atoms with van der Waals surface area (Å²) < 4.78 is 2.19. The molecule has 0 aliphatic heterocycles. The summed E-state index contributed by atoms with van der Waals surface area (Å²) >= 11 is 0. The number of nitrogens with one attached hydrogen (secondary N) is 2. The van der Waals surface area contributed by atoms with Crippen LogP contribution >= 0.6 is 0 Å². The maximum atomic E-state index is 10.3. The topological polar surface area (TPSA) is 79.2 Å². The van der Waals surface area contributed by atoms with Crippen molar-refractivity contribution in [3.8, 4) is 0 Å². The molecular weight excluding hydrogens is 232 g/mol. The molecule has 0 saturated heterocycles. The Balaban J connectivity index is 1.71. The lowest BCUT2D eigenvalue weighted by molar-refractivity contribution is 0.194. The third kappa shape index (κ3) is 3.73. The Morgan fingerprint density at radius 3 is 3.06 bits per heavy atom. The van der Waals surface area contributed by atoms with Gasteiger partial charge in [0.2, 0.25) is 0 Å². The first-order valence-corrected chi connectivity index (χ1v) is 6.37. The number of nitrogens with zero attached hydrogens (tertiary/aromatic N) is 2. The Morgan fingerprint density at radius 1 is 1.61 bits per heavy atom. The van der Waals surface area contributed by atoms with Crippen LogP contribution in [-0.4, -0.2) is 39.9 Å². The van der Waals surface area contributed by atoms with Crippen molar-refractivity contribution in [2.75, 3.05) is 13.1 Å². The maximum absolute atomic E-state index is 10.3. The van der Waals surface area contributed by atoms with Gasteiger partial charge >= 0.3 is 6.09 Å². The molecule has 0 bridgehead atoms. The third-order valence-electron chi connectivity index (χ3n) is 3.10. The minimum atomic E-state index is -0.977. The van der Waals surface area contributed by atoms with Crippen LogP contribution < -0.4 is 10.6 Å². The normalized spacial score (nSPS) is 16.5. The van der Waals surface area contributed by atoms with Gasteiger partial charge in [0.25, 0.3) is 0 Å². The first kappa shape index (κ1) is 12.9. The van der Waals surface area contributed by atoms with Crippen LogP contribution in [0.3, 0.4) is 0 Å². The summed E-state index contributed by atoms with van der Waals surface area (Å²) in [6.07, 6.45) is 5.40. The Kier molecular flexibility index (Phi) is 4.19. The van der Waals surface area contributed by atoms with E-state index in [1.165, 1.54) is 18.5 Å². The summed E-state index contributed by atoms with van der Waals surface area (Å²) in [4.78, 5) is 14.5. The second kappa shape index (κ2) is 5.86. The standard InChI is InChI=1S/C12H20N4O2/c1-9(14-4-5-15-12(17)18)7-16-8-13-6-11(16)10-2-3-10/h6,8-10,14-15H,2-5,7H2,1H3,(H,17,18). The highest BCUT2D eigenvalue weighted by molar-refractivity contribution is 5.64. The molecule has 1 atom stereocenters. The second-order valence-corrected chi connectivity index (χ2v) is 4.83. The predicted octanol–water partition coefficient (Wildman–Crippen LogP) is 1.01. The van der Waals surface area contributed by atoms with E-state index in [4.69, 9.17) is 5.11 Å². The first-order chi connectivity index (χ1) is 8.66. The van der Waals surface area contributed by atoms with Gasteiger partial charge in [-0.1, -0.05) is 0 Å². The molecule has 1 unspecified atom stereocenters. The molecule has 0 spiro atoms. The van der Waals surface area contributed by atoms with E-state index < -0.39 is 6.09 Å². The molecule has 1 saturated carbocycles. The van der Waals surface area contributed by atoms with Crippen molar-refractivity contribution in [1.29, 1.82) is 0 Å². The van der Waals surface area contributed by atoms with E-state index in [9.17, 15) is 4.79 Å². The van der Waals surface area contributed by atoms with Gasteiger partial charge < -0.3 is 20.3 Å². The van der Waals surface area contributed by atoms with Gasteiger partial charge in [0, 0.05) is 43.5 Å². The van der Waals surface area contributed by atoms with Crippen molar-refractivity contribution in [1.82, 2.24) is 20.2 Å². The average molecular weight is 252 g/mol. The molecule has 2 rings (SSSR count). The predicted molar refractivity (Wildman–Crippen MR) is 67.7 cm³/mol. The fourth-order valence-corrected chi connectivity index (χ4v) is 2.05. The van der Waals surface area contributed by atoms with Crippen molar-refractivity contribution in [2.24, 2.45) is 0 Å². The van der Waals surface area contributed by atoms with E-state index in [-0.39, 0.29) is 0 Å². The largest absolute Gasteiger partial charge is 0.465 e. The van der Waals surface area contributed by atoms with Crippen LogP contribution in [0.4, 0.5) is 4.79 Å². The van der Waals surface area contributed by atoms with E-state index in [1.807, 2.05) is 12.5 Å². The van der Waals surface area contributed by atoms with Gasteiger partial charge in [-0.2, -0.15) is 0 Å². The molecular formula is C12H20N4O2. The van der Waals surface area contributed by atoms with Gasteiger partial charge in [-0.3, -0.25) is 0 Å². The number of amides is 1. The van der Waals surface area contributed by atoms with Crippen LogP contribution in [0.1, 0.15) is 31.4 Å². The van der Waals surface area contributed by atoms with Gasteiger partial charge in [-0.05, 0) is 19.8 Å². The van der Waals surface area contributed by atoms with Crippen molar-refractivity contribution in [3.63, 3.8) is 0 Å². The van der Waals surface area contributed by atoms with Gasteiger partial charge in [0.05, 0.1) is 6.33 Å². The molecule has 1 aliphatic carbocycles. The van der Waals surface area contributed by atoms with E-state index >= 15 is 0 Å². The van der Waals surface area contributed by atoms with Crippen LogP contribution in [0.2, 0.25) is 0 Å². The molecule has 18 heavy (non-hydrogen) atoms. The molecule has 1 heterocycles. The Morgan fingerprint density at radius 2 is 2.39 bits per heavy atom. The van der Waals surface area contributed by atoms with E-state index in [0.29, 0.717) is 25.0 Å². The molecule has 6 nitrogen and oxygen atoms in total. The monoisotopic (exact) mass is 252 g/mol. The zero-order valence-corrected chi connectivity index (χ0v) is 10.6. The molecule has 1 fully saturated rings. The molecule has 0 aromatic carbocycles. The molecule has 3 N–H and O–H groups in total. The molecule has 1 aliphatic rings. The van der Waals surface area contributed by atoms with E-state index in [1.54, 1.807) is 0 Å². The molecule has 100 valence electrons. The zero-order chi connectivity index (χ0) is 13.0. The Bertz CT molecular complexity index is 401. The number of imidazole rings is 1. The van der Waals surface area contributed by atoms with Crippen LogP contribution in [0, 0.1) is 0 Å². The molecule has 1 aromatic heterocycles. The average Bonchev–Trinajstić information content (AvgIpc) is 3.06. The van der Waals surface area contributed by atoms with Crippen LogP contribution in [0.15, 0.2) is 12.5 Å². The summed E-state index contributed by atoms with van der Waals surface area (Å²) in [6.45, 7) is 4.04. The van der Waals surface area contributed by atoms with Crippen LogP contribution in [-0.2, 0) is 6.54 Å². The number of carboxylic acid groups (broad SMARTS) is 1. The fourth-order valence-electron chi connectivity index (χ4n) is 2.05. The molecule has 6 heteroatoms. The smallest absolute Gasteiger partial charge is 0.404 e. The highest BCUT2D eigenvalue weighted by Crippen LogP contribution is 2.39. The van der Waals surface area contributed by atoms with Crippen LogP contribution in [0.25, 0.3) is 0 Å². The lowest BCUT2D eigenvalue weighted by Crippen LogP contribution is -2.37. The number of rotatable bonds is 7. The summed E-state index contributed by atoms with van der Waals surface area (Å²) in [6, 6.07) is 0.298. The number of hydrogen-bond donors (Lipinski definition) is 3. The van der Waals surface area contributed by atoms with Crippen molar-refractivity contribution in [2.45, 2.75) is 38.3 Å². The maximum Gasteiger partial charge on any atom is 0.404 e. The number of carbonyl (C=O) groups is 1. The summed E-state index contributed by atoms with van der Waals surface area (Å²) in [5.41, 5.74) is 1.33. The molecule has 0 radical (unpaired) electrons. The highest BCUT2D eigenvalue weighted by atomic mass is 16.4. The molecule has 1 amide bonds. The highest BCUT2D eigenvalue weighted by Gasteiger charge is 2.26. The number of aromatic nitrogens is 2. The van der Waals surface area contributed by atoms with E-state index in [2.05, 4.69) is 27.1 Å². The fraction of sp³-hybridized carbons (Fsp3) is 0.667. The SMILES string of the molecule is CC(Cn1cncc1C1CC1)NCCNC(=O)O. The summed E-state index contributed by atoms with van der Waals surface area (Å²) in [5, 5.41) is 14.1. The van der Waals surface area contributed by atoms with E-state index in [0.717, 1.165) is 6.54 Å². The first-order valence-electron chi connectivity index (χ1n) is 6.37. The lowest BCUT2D eigenvalue weighted by atomic mass is 10.2.